The summed E-state index contributed by atoms with van der Waals surface area (Å²) in [6.07, 6.45) is 3.81. The van der Waals surface area contributed by atoms with E-state index in [1.807, 2.05) is 13.0 Å². The lowest BCUT2D eigenvalue weighted by atomic mass is 10.2. The summed E-state index contributed by atoms with van der Waals surface area (Å²) < 4.78 is 1.32. The third-order valence-corrected chi connectivity index (χ3v) is 2.29. The van der Waals surface area contributed by atoms with E-state index in [0.29, 0.717) is 17.8 Å². The molecule has 0 amide bonds. The molecule has 1 N–H and O–H groups in total. The molecule has 0 radical (unpaired) electrons. The second-order valence-electron chi connectivity index (χ2n) is 3.27. The molecule has 0 spiro atoms. The Kier molecular flexibility index (Phi) is 2.56. The number of nitriles is 1. The molecule has 5 nitrogen and oxygen atoms in total. The molecule has 0 saturated carbocycles. The van der Waals surface area contributed by atoms with E-state index in [0.717, 1.165) is 5.56 Å². The van der Waals surface area contributed by atoms with Crippen molar-refractivity contribution in [1.29, 1.82) is 5.26 Å². The molecular formula is C11H10N4O. The van der Waals surface area contributed by atoms with Crippen molar-refractivity contribution in [3.05, 3.63) is 35.7 Å². The molecule has 0 unspecified atom stereocenters. The Morgan fingerprint density at radius 2 is 2.38 bits per heavy atom. The second-order valence-corrected chi connectivity index (χ2v) is 3.27. The molecule has 16 heavy (non-hydrogen) atoms. The van der Waals surface area contributed by atoms with Crippen molar-refractivity contribution in [3.63, 3.8) is 0 Å². The SMILES string of the molecule is CCc1cnn(-c2cc(C#N)ccn2)c1O. The van der Waals surface area contributed by atoms with Gasteiger partial charge in [0.15, 0.2) is 5.82 Å². The number of nitrogens with zero attached hydrogens (tertiary/aromatic N) is 4. The fraction of sp³-hybridized carbons (Fsp3) is 0.182. The van der Waals surface area contributed by atoms with Crippen molar-refractivity contribution in [3.8, 4) is 17.8 Å². The van der Waals surface area contributed by atoms with Gasteiger partial charge in [-0.25, -0.2) is 4.98 Å². The zero-order valence-electron chi connectivity index (χ0n) is 8.75. The number of rotatable bonds is 2. The molecule has 2 rings (SSSR count). The number of aryl methyl sites for hydroxylation is 1. The third-order valence-electron chi connectivity index (χ3n) is 2.29. The predicted octanol–water partition coefficient (Wildman–Crippen LogP) is 1.41. The van der Waals surface area contributed by atoms with E-state index in [1.165, 1.54) is 10.9 Å². The minimum absolute atomic E-state index is 0.0742. The highest BCUT2D eigenvalue weighted by molar-refractivity contribution is 5.38. The standard InChI is InChI=1S/C11H10N4O/c1-2-9-7-14-15(11(9)16)10-5-8(6-12)3-4-13-10/h3-5,7,16H,2H2,1H3. The summed E-state index contributed by atoms with van der Waals surface area (Å²) in [7, 11) is 0. The Morgan fingerprint density at radius 3 is 3.00 bits per heavy atom. The van der Waals surface area contributed by atoms with Gasteiger partial charge in [0.25, 0.3) is 0 Å². The van der Waals surface area contributed by atoms with Crippen LogP contribution in [0, 0.1) is 11.3 Å². The molecule has 2 aromatic rings. The van der Waals surface area contributed by atoms with Crippen LogP contribution in [0.15, 0.2) is 24.5 Å². The molecule has 0 aliphatic carbocycles. The summed E-state index contributed by atoms with van der Waals surface area (Å²) >= 11 is 0. The van der Waals surface area contributed by atoms with E-state index in [4.69, 9.17) is 5.26 Å². The fourth-order valence-corrected chi connectivity index (χ4v) is 1.40. The molecule has 2 heterocycles. The van der Waals surface area contributed by atoms with Crippen LogP contribution in [0.25, 0.3) is 5.82 Å². The van der Waals surface area contributed by atoms with Gasteiger partial charge in [-0.2, -0.15) is 15.0 Å². The summed E-state index contributed by atoms with van der Waals surface area (Å²) in [5.41, 5.74) is 1.24. The molecule has 0 saturated heterocycles. The molecule has 80 valence electrons. The maximum absolute atomic E-state index is 9.82. The lowest BCUT2D eigenvalue weighted by molar-refractivity contribution is 0.427. The fourth-order valence-electron chi connectivity index (χ4n) is 1.40. The highest BCUT2D eigenvalue weighted by Gasteiger charge is 2.10. The van der Waals surface area contributed by atoms with Crippen LogP contribution in [0.2, 0.25) is 0 Å². The average Bonchev–Trinajstić information content (AvgIpc) is 2.70. The molecule has 0 aromatic carbocycles. The maximum Gasteiger partial charge on any atom is 0.218 e. The lowest BCUT2D eigenvalue weighted by Crippen LogP contribution is -1.99. The Hall–Kier alpha value is -2.35. The van der Waals surface area contributed by atoms with Crippen molar-refractivity contribution in [1.82, 2.24) is 14.8 Å². The first-order chi connectivity index (χ1) is 7.76. The van der Waals surface area contributed by atoms with E-state index in [1.54, 1.807) is 18.3 Å². The van der Waals surface area contributed by atoms with Crippen molar-refractivity contribution in [2.24, 2.45) is 0 Å². The molecular weight excluding hydrogens is 204 g/mol. The predicted molar refractivity (Wildman–Crippen MR) is 57.1 cm³/mol. The van der Waals surface area contributed by atoms with Gasteiger partial charge in [-0.1, -0.05) is 6.92 Å². The van der Waals surface area contributed by atoms with Crippen LogP contribution in [-0.4, -0.2) is 19.9 Å². The van der Waals surface area contributed by atoms with Gasteiger partial charge in [-0.3, -0.25) is 0 Å². The monoisotopic (exact) mass is 214 g/mol. The quantitative estimate of drug-likeness (QED) is 0.820. The van der Waals surface area contributed by atoms with E-state index in [2.05, 4.69) is 10.1 Å². The first kappa shape index (κ1) is 10.2. The van der Waals surface area contributed by atoms with E-state index >= 15 is 0 Å². The van der Waals surface area contributed by atoms with Gasteiger partial charge in [0.05, 0.1) is 17.8 Å². The topological polar surface area (TPSA) is 74.7 Å². The third kappa shape index (κ3) is 1.61. The summed E-state index contributed by atoms with van der Waals surface area (Å²) in [5.74, 6) is 0.515. The maximum atomic E-state index is 9.82. The number of pyridine rings is 1. The molecule has 5 heteroatoms. The van der Waals surface area contributed by atoms with Crippen LogP contribution in [0.3, 0.4) is 0 Å². The van der Waals surface area contributed by atoms with Crippen LogP contribution in [0.4, 0.5) is 0 Å². The summed E-state index contributed by atoms with van der Waals surface area (Å²) in [6.45, 7) is 1.93. The van der Waals surface area contributed by atoms with E-state index in [9.17, 15) is 5.11 Å². The van der Waals surface area contributed by atoms with Crippen molar-refractivity contribution in [2.75, 3.05) is 0 Å². The largest absolute Gasteiger partial charge is 0.493 e. The number of hydrogen-bond donors (Lipinski definition) is 1. The zero-order chi connectivity index (χ0) is 11.5. The van der Waals surface area contributed by atoms with Gasteiger partial charge in [0.1, 0.15) is 0 Å². The van der Waals surface area contributed by atoms with Crippen LogP contribution in [0.5, 0.6) is 5.88 Å². The molecule has 0 aliphatic heterocycles. The highest BCUT2D eigenvalue weighted by atomic mass is 16.3. The Balaban J connectivity index is 2.51. The van der Waals surface area contributed by atoms with Crippen molar-refractivity contribution < 1.29 is 5.11 Å². The number of aromatic nitrogens is 3. The van der Waals surface area contributed by atoms with Crippen LogP contribution >= 0.6 is 0 Å². The van der Waals surface area contributed by atoms with Gasteiger partial charge in [0, 0.05) is 17.8 Å². The van der Waals surface area contributed by atoms with Gasteiger partial charge in [-0.15, -0.1) is 0 Å². The Morgan fingerprint density at radius 1 is 1.56 bits per heavy atom. The summed E-state index contributed by atoms with van der Waals surface area (Å²) in [6, 6.07) is 5.19. The van der Waals surface area contributed by atoms with Crippen molar-refractivity contribution in [2.45, 2.75) is 13.3 Å². The van der Waals surface area contributed by atoms with Crippen LogP contribution < -0.4 is 0 Å². The van der Waals surface area contributed by atoms with E-state index < -0.39 is 0 Å². The zero-order valence-corrected chi connectivity index (χ0v) is 8.75. The van der Waals surface area contributed by atoms with Crippen molar-refractivity contribution >= 4 is 0 Å². The number of aromatic hydroxyl groups is 1. The first-order valence-corrected chi connectivity index (χ1v) is 4.88. The first-order valence-electron chi connectivity index (χ1n) is 4.88. The van der Waals surface area contributed by atoms with Crippen LogP contribution in [0.1, 0.15) is 18.1 Å². The normalized spacial score (nSPS) is 10.0. The minimum atomic E-state index is 0.0742. The molecule has 2 aromatic heterocycles. The minimum Gasteiger partial charge on any atom is -0.493 e. The Bertz CT molecular complexity index is 553. The van der Waals surface area contributed by atoms with Crippen LogP contribution in [-0.2, 0) is 6.42 Å². The summed E-state index contributed by atoms with van der Waals surface area (Å²) in [4.78, 5) is 4.06. The molecule has 0 bridgehead atoms. The second kappa shape index (κ2) is 4.03. The number of hydrogen-bond acceptors (Lipinski definition) is 4. The molecule has 0 aliphatic rings. The van der Waals surface area contributed by atoms with Gasteiger partial charge >= 0.3 is 0 Å². The van der Waals surface area contributed by atoms with Gasteiger partial charge < -0.3 is 5.11 Å². The smallest absolute Gasteiger partial charge is 0.218 e. The highest BCUT2D eigenvalue weighted by Crippen LogP contribution is 2.20. The van der Waals surface area contributed by atoms with Gasteiger partial charge in [0.2, 0.25) is 5.88 Å². The van der Waals surface area contributed by atoms with E-state index in [-0.39, 0.29) is 5.88 Å². The molecule has 0 fully saturated rings. The molecule has 0 atom stereocenters. The van der Waals surface area contributed by atoms with Gasteiger partial charge in [-0.05, 0) is 12.5 Å². The average molecular weight is 214 g/mol. The lowest BCUT2D eigenvalue weighted by Gasteiger charge is -2.02. The summed E-state index contributed by atoms with van der Waals surface area (Å²) in [5, 5.41) is 22.6. The Labute approximate surface area is 92.6 Å².